The molecular weight excluding hydrogens is 324 g/mol. The van der Waals surface area contributed by atoms with E-state index in [1.54, 1.807) is 24.3 Å². The molecule has 0 fully saturated rings. The largest absolute Gasteiger partial charge is 0.325 e. The van der Waals surface area contributed by atoms with Gasteiger partial charge in [-0.1, -0.05) is 29.8 Å². The van der Waals surface area contributed by atoms with E-state index in [1.807, 2.05) is 43.1 Å². The number of anilines is 1. The van der Waals surface area contributed by atoms with Gasteiger partial charge in [-0.25, -0.2) is 0 Å². The van der Waals surface area contributed by atoms with Crippen LogP contribution in [0.2, 0.25) is 5.02 Å². The highest BCUT2D eigenvalue weighted by atomic mass is 35.5. The molecule has 2 rings (SSSR count). The maximum Gasteiger partial charge on any atom is 0.241 e. The number of amides is 1. The highest BCUT2D eigenvalue weighted by Gasteiger charge is 2.19. The Morgan fingerprint density at radius 2 is 1.75 bits per heavy atom. The number of rotatable bonds is 6. The molecule has 5 heteroatoms. The van der Waals surface area contributed by atoms with Crippen LogP contribution < -0.4 is 5.32 Å². The summed E-state index contributed by atoms with van der Waals surface area (Å²) in [5.41, 5.74) is 2.27. The molecular formula is C19H21ClN2O2. The van der Waals surface area contributed by atoms with Gasteiger partial charge in [0.25, 0.3) is 0 Å². The fourth-order valence-electron chi connectivity index (χ4n) is 2.27. The van der Waals surface area contributed by atoms with Crippen molar-refractivity contribution >= 4 is 29.0 Å². The highest BCUT2D eigenvalue weighted by molar-refractivity contribution is 6.31. The first kappa shape index (κ1) is 18.2. The van der Waals surface area contributed by atoms with Gasteiger partial charge in [-0.3, -0.25) is 14.5 Å². The van der Waals surface area contributed by atoms with Crippen LogP contribution in [0.1, 0.15) is 29.8 Å². The van der Waals surface area contributed by atoms with E-state index in [1.165, 1.54) is 6.92 Å². The van der Waals surface area contributed by atoms with Crippen molar-refractivity contribution in [1.29, 1.82) is 0 Å². The Bertz CT molecular complexity index is 728. The van der Waals surface area contributed by atoms with Crippen molar-refractivity contribution in [2.75, 3.05) is 12.4 Å². The van der Waals surface area contributed by atoms with Gasteiger partial charge in [-0.05, 0) is 56.8 Å². The molecule has 2 aromatic rings. The number of ketones is 1. The van der Waals surface area contributed by atoms with E-state index in [2.05, 4.69) is 5.32 Å². The number of halogens is 1. The predicted molar refractivity (Wildman–Crippen MR) is 97.5 cm³/mol. The van der Waals surface area contributed by atoms with Crippen LogP contribution in [0, 0.1) is 0 Å². The van der Waals surface area contributed by atoms with Crippen molar-refractivity contribution < 1.29 is 9.59 Å². The zero-order valence-electron chi connectivity index (χ0n) is 14.0. The van der Waals surface area contributed by atoms with Crippen LogP contribution in [0.4, 0.5) is 5.69 Å². The lowest BCUT2D eigenvalue weighted by atomic mass is 10.1. The van der Waals surface area contributed by atoms with Gasteiger partial charge in [0.2, 0.25) is 5.91 Å². The summed E-state index contributed by atoms with van der Waals surface area (Å²) >= 11 is 6.17. The van der Waals surface area contributed by atoms with E-state index in [-0.39, 0.29) is 17.7 Å². The van der Waals surface area contributed by atoms with Crippen LogP contribution in [0.15, 0.2) is 48.5 Å². The number of hydrogen-bond acceptors (Lipinski definition) is 3. The smallest absolute Gasteiger partial charge is 0.241 e. The lowest BCUT2D eigenvalue weighted by molar-refractivity contribution is -0.120. The van der Waals surface area contributed by atoms with Crippen LogP contribution in [-0.4, -0.2) is 29.7 Å². The number of Topliss-reactive ketones (excluding diaryl/α,β-unsaturated/α-hetero) is 1. The van der Waals surface area contributed by atoms with Gasteiger partial charge in [-0.15, -0.1) is 0 Å². The monoisotopic (exact) mass is 344 g/mol. The van der Waals surface area contributed by atoms with Gasteiger partial charge in [0.1, 0.15) is 0 Å². The summed E-state index contributed by atoms with van der Waals surface area (Å²) in [6.45, 7) is 3.94. The SMILES string of the molecule is CC(=O)c1ccc(NC(=O)[C@@H](C)N(C)Cc2ccccc2Cl)cc1. The Morgan fingerprint density at radius 3 is 2.33 bits per heavy atom. The third-order valence-electron chi connectivity index (χ3n) is 3.98. The molecule has 126 valence electrons. The number of hydrogen-bond donors (Lipinski definition) is 1. The van der Waals surface area contributed by atoms with Crippen molar-refractivity contribution in [1.82, 2.24) is 4.90 Å². The lowest BCUT2D eigenvalue weighted by Gasteiger charge is -2.24. The van der Waals surface area contributed by atoms with E-state index >= 15 is 0 Å². The number of carbonyl (C=O) groups is 2. The molecule has 0 aromatic heterocycles. The molecule has 0 aliphatic carbocycles. The molecule has 24 heavy (non-hydrogen) atoms. The maximum atomic E-state index is 12.4. The second-order valence-corrected chi connectivity index (χ2v) is 6.21. The minimum absolute atomic E-state index is 0.000665. The molecule has 1 amide bonds. The number of benzene rings is 2. The van der Waals surface area contributed by atoms with Crippen molar-refractivity contribution in [3.8, 4) is 0 Å². The summed E-state index contributed by atoms with van der Waals surface area (Å²) < 4.78 is 0. The first-order chi connectivity index (χ1) is 11.4. The van der Waals surface area contributed by atoms with Gasteiger partial charge in [0.05, 0.1) is 6.04 Å². The molecule has 2 aromatic carbocycles. The number of likely N-dealkylation sites (N-methyl/N-ethyl adjacent to an activating group) is 1. The summed E-state index contributed by atoms with van der Waals surface area (Å²) in [7, 11) is 1.88. The van der Waals surface area contributed by atoms with Crippen molar-refractivity contribution in [2.24, 2.45) is 0 Å². The van der Waals surface area contributed by atoms with Gasteiger partial charge in [-0.2, -0.15) is 0 Å². The number of carbonyl (C=O) groups excluding carboxylic acids is 2. The Balaban J connectivity index is 1.98. The van der Waals surface area contributed by atoms with Gasteiger partial charge in [0, 0.05) is 22.8 Å². The van der Waals surface area contributed by atoms with E-state index in [0.717, 1.165) is 5.56 Å². The van der Waals surface area contributed by atoms with Crippen LogP contribution in [0.5, 0.6) is 0 Å². The van der Waals surface area contributed by atoms with Gasteiger partial charge in [0.15, 0.2) is 5.78 Å². The molecule has 0 heterocycles. The Hall–Kier alpha value is -2.17. The molecule has 0 aliphatic heterocycles. The Labute approximate surface area is 147 Å². The molecule has 0 bridgehead atoms. The van der Waals surface area contributed by atoms with E-state index in [0.29, 0.717) is 22.8 Å². The molecule has 0 aliphatic rings. The molecule has 0 spiro atoms. The van der Waals surface area contributed by atoms with E-state index in [4.69, 9.17) is 11.6 Å². The van der Waals surface area contributed by atoms with E-state index in [9.17, 15) is 9.59 Å². The predicted octanol–water partition coefficient (Wildman–Crippen LogP) is 4.00. The molecule has 1 N–H and O–H groups in total. The quantitative estimate of drug-likeness (QED) is 0.806. The fourth-order valence-corrected chi connectivity index (χ4v) is 2.46. The standard InChI is InChI=1S/C19H21ClN2O2/c1-13(22(3)12-16-6-4-5-7-18(16)20)19(24)21-17-10-8-15(9-11-17)14(2)23/h4-11,13H,12H2,1-3H3,(H,21,24)/t13-/m1/s1. The van der Waals surface area contributed by atoms with Crippen LogP contribution >= 0.6 is 11.6 Å². The minimum atomic E-state index is -0.325. The fraction of sp³-hybridized carbons (Fsp3) is 0.263. The van der Waals surface area contributed by atoms with Crippen LogP contribution in [-0.2, 0) is 11.3 Å². The second-order valence-electron chi connectivity index (χ2n) is 5.81. The topological polar surface area (TPSA) is 49.4 Å². The van der Waals surface area contributed by atoms with Crippen LogP contribution in [0.25, 0.3) is 0 Å². The molecule has 0 radical (unpaired) electrons. The lowest BCUT2D eigenvalue weighted by Crippen LogP contribution is -2.39. The molecule has 0 saturated heterocycles. The molecule has 1 atom stereocenters. The Kier molecular flexibility index (Phi) is 6.12. The average Bonchev–Trinajstić information content (AvgIpc) is 2.56. The number of nitrogens with zero attached hydrogens (tertiary/aromatic N) is 1. The van der Waals surface area contributed by atoms with Crippen molar-refractivity contribution in [3.05, 3.63) is 64.7 Å². The summed E-state index contributed by atoms with van der Waals surface area (Å²) in [6, 6.07) is 14.1. The summed E-state index contributed by atoms with van der Waals surface area (Å²) in [5, 5.41) is 3.56. The second kappa shape index (κ2) is 8.08. The molecule has 0 saturated carbocycles. The first-order valence-electron chi connectivity index (χ1n) is 7.74. The summed E-state index contributed by atoms with van der Waals surface area (Å²) in [5.74, 6) is -0.110. The maximum absolute atomic E-state index is 12.4. The molecule has 0 unspecified atom stereocenters. The van der Waals surface area contributed by atoms with Crippen LogP contribution in [0.3, 0.4) is 0 Å². The normalized spacial score (nSPS) is 12.0. The van der Waals surface area contributed by atoms with Crippen molar-refractivity contribution in [2.45, 2.75) is 26.4 Å². The minimum Gasteiger partial charge on any atom is -0.325 e. The highest BCUT2D eigenvalue weighted by Crippen LogP contribution is 2.18. The summed E-state index contributed by atoms with van der Waals surface area (Å²) in [6.07, 6.45) is 0. The zero-order chi connectivity index (χ0) is 17.7. The first-order valence-corrected chi connectivity index (χ1v) is 8.12. The summed E-state index contributed by atoms with van der Waals surface area (Å²) in [4.78, 5) is 25.6. The molecule has 4 nitrogen and oxygen atoms in total. The third kappa shape index (κ3) is 4.66. The van der Waals surface area contributed by atoms with Gasteiger partial charge >= 0.3 is 0 Å². The Morgan fingerprint density at radius 1 is 1.12 bits per heavy atom. The zero-order valence-corrected chi connectivity index (χ0v) is 14.8. The van der Waals surface area contributed by atoms with Gasteiger partial charge < -0.3 is 5.32 Å². The van der Waals surface area contributed by atoms with Crippen molar-refractivity contribution in [3.63, 3.8) is 0 Å². The van der Waals surface area contributed by atoms with E-state index < -0.39 is 0 Å². The average molecular weight is 345 g/mol. The number of nitrogens with one attached hydrogen (secondary N) is 1. The third-order valence-corrected chi connectivity index (χ3v) is 4.35.